The van der Waals surface area contributed by atoms with Crippen molar-refractivity contribution >= 4 is 26.9 Å². The first-order valence-corrected chi connectivity index (χ1v) is 8.32. The predicted octanol–water partition coefficient (Wildman–Crippen LogP) is 2.00. The van der Waals surface area contributed by atoms with Gasteiger partial charge in [-0.3, -0.25) is 4.72 Å². The summed E-state index contributed by atoms with van der Waals surface area (Å²) < 4.78 is 30.3. The molecule has 0 atom stereocenters. The van der Waals surface area contributed by atoms with Gasteiger partial charge in [0, 0.05) is 11.8 Å². The van der Waals surface area contributed by atoms with E-state index in [4.69, 9.17) is 4.74 Å². The van der Waals surface area contributed by atoms with Crippen molar-refractivity contribution in [2.45, 2.75) is 0 Å². The minimum absolute atomic E-state index is 0.378. The minimum atomic E-state index is -3.37. The lowest BCUT2D eigenvalue weighted by atomic mass is 10.2. The largest absolute Gasteiger partial charge is 0.495 e. The maximum Gasteiger partial charge on any atom is 0.229 e. The second kappa shape index (κ2) is 5.30. The number of hydrogen-bond acceptors (Lipinski definition) is 5. The summed E-state index contributed by atoms with van der Waals surface area (Å²) in [5, 5.41) is 0. The summed E-state index contributed by atoms with van der Waals surface area (Å²) in [6, 6.07) is 8.81. The highest BCUT2D eigenvalue weighted by molar-refractivity contribution is 7.92. The van der Waals surface area contributed by atoms with E-state index in [1.54, 1.807) is 24.4 Å². The molecular formula is C14H14N4O3S. The number of benzene rings is 1. The highest BCUT2D eigenvalue weighted by Crippen LogP contribution is 2.30. The molecule has 0 fully saturated rings. The summed E-state index contributed by atoms with van der Waals surface area (Å²) in [6.45, 7) is 0. The third-order valence-electron chi connectivity index (χ3n) is 3.03. The number of aromatic amines is 1. The molecule has 0 aliphatic heterocycles. The monoisotopic (exact) mass is 318 g/mol. The van der Waals surface area contributed by atoms with Crippen molar-refractivity contribution in [3.05, 3.63) is 36.5 Å². The van der Waals surface area contributed by atoms with Crippen molar-refractivity contribution in [3.63, 3.8) is 0 Å². The lowest BCUT2D eigenvalue weighted by molar-refractivity contribution is 0.417. The molecule has 0 unspecified atom stereocenters. The van der Waals surface area contributed by atoms with E-state index < -0.39 is 10.0 Å². The minimum Gasteiger partial charge on any atom is -0.495 e. The number of nitrogens with one attached hydrogen (secondary N) is 2. The summed E-state index contributed by atoms with van der Waals surface area (Å²) in [4.78, 5) is 11.7. The van der Waals surface area contributed by atoms with E-state index in [-0.39, 0.29) is 0 Å². The van der Waals surface area contributed by atoms with Crippen molar-refractivity contribution in [1.82, 2.24) is 15.0 Å². The molecular weight excluding hydrogens is 304 g/mol. The van der Waals surface area contributed by atoms with Gasteiger partial charge in [0.05, 0.1) is 24.6 Å². The Bertz CT molecular complexity index is 901. The SMILES string of the molecule is COc1cc(-c2nc3ncccc3[nH]2)ccc1NS(C)(=O)=O. The Morgan fingerprint density at radius 3 is 2.77 bits per heavy atom. The van der Waals surface area contributed by atoms with Crippen LogP contribution in [-0.2, 0) is 10.0 Å². The van der Waals surface area contributed by atoms with Gasteiger partial charge in [0.25, 0.3) is 0 Å². The molecule has 7 nitrogen and oxygen atoms in total. The van der Waals surface area contributed by atoms with Crippen LogP contribution < -0.4 is 9.46 Å². The number of sulfonamides is 1. The number of hydrogen-bond donors (Lipinski definition) is 2. The number of imidazole rings is 1. The summed E-state index contributed by atoms with van der Waals surface area (Å²) in [5.41, 5.74) is 2.60. The van der Waals surface area contributed by atoms with Crippen LogP contribution >= 0.6 is 0 Å². The number of anilines is 1. The van der Waals surface area contributed by atoms with Crippen LogP contribution in [0.3, 0.4) is 0 Å². The predicted molar refractivity (Wildman–Crippen MR) is 84.3 cm³/mol. The molecule has 3 aromatic rings. The molecule has 3 rings (SSSR count). The van der Waals surface area contributed by atoms with Crippen molar-refractivity contribution in [1.29, 1.82) is 0 Å². The number of ether oxygens (including phenoxy) is 1. The molecule has 2 aromatic heterocycles. The molecule has 0 aliphatic rings. The number of nitrogens with zero attached hydrogens (tertiary/aromatic N) is 2. The van der Waals surface area contributed by atoms with Crippen molar-refractivity contribution in [2.75, 3.05) is 18.1 Å². The van der Waals surface area contributed by atoms with Crippen LogP contribution in [0.15, 0.2) is 36.5 Å². The fourth-order valence-corrected chi connectivity index (χ4v) is 2.67. The second-order valence-electron chi connectivity index (χ2n) is 4.75. The van der Waals surface area contributed by atoms with E-state index in [0.717, 1.165) is 17.3 Å². The van der Waals surface area contributed by atoms with Crippen molar-refractivity contribution in [3.8, 4) is 17.1 Å². The summed E-state index contributed by atoms with van der Waals surface area (Å²) in [6.07, 6.45) is 2.76. The summed E-state index contributed by atoms with van der Waals surface area (Å²) in [5.74, 6) is 1.05. The Kier molecular flexibility index (Phi) is 3.45. The fraction of sp³-hybridized carbons (Fsp3) is 0.143. The van der Waals surface area contributed by atoms with Gasteiger partial charge in [-0.25, -0.2) is 18.4 Å². The van der Waals surface area contributed by atoms with E-state index >= 15 is 0 Å². The van der Waals surface area contributed by atoms with Crippen LogP contribution in [0.25, 0.3) is 22.6 Å². The third-order valence-corrected chi connectivity index (χ3v) is 3.62. The Labute approximate surface area is 127 Å². The van der Waals surface area contributed by atoms with Crippen molar-refractivity contribution in [2.24, 2.45) is 0 Å². The number of rotatable bonds is 4. The smallest absolute Gasteiger partial charge is 0.229 e. The van der Waals surface area contributed by atoms with Crippen LogP contribution in [0.2, 0.25) is 0 Å². The van der Waals surface area contributed by atoms with Crippen LogP contribution in [0.4, 0.5) is 5.69 Å². The average molecular weight is 318 g/mol. The third kappa shape index (κ3) is 2.86. The molecule has 0 saturated heterocycles. The first-order chi connectivity index (χ1) is 10.5. The summed E-state index contributed by atoms with van der Waals surface area (Å²) >= 11 is 0. The molecule has 2 heterocycles. The number of fused-ring (bicyclic) bond motifs is 1. The van der Waals surface area contributed by atoms with Gasteiger partial charge in [0.2, 0.25) is 10.0 Å². The topological polar surface area (TPSA) is 97.0 Å². The zero-order valence-electron chi connectivity index (χ0n) is 12.0. The molecule has 0 amide bonds. The quantitative estimate of drug-likeness (QED) is 0.767. The molecule has 0 spiro atoms. The first kappa shape index (κ1) is 14.3. The molecule has 2 N–H and O–H groups in total. The van der Waals surface area contributed by atoms with Gasteiger partial charge >= 0.3 is 0 Å². The van der Waals surface area contributed by atoms with E-state index in [9.17, 15) is 8.42 Å². The van der Waals surface area contributed by atoms with E-state index in [2.05, 4.69) is 19.7 Å². The van der Waals surface area contributed by atoms with Crippen LogP contribution in [0.5, 0.6) is 5.75 Å². The van der Waals surface area contributed by atoms with Gasteiger partial charge in [0.1, 0.15) is 11.6 Å². The standard InChI is InChI=1S/C14H14N4O3S/c1-21-12-8-9(5-6-10(12)18-22(2,19)20)13-16-11-4-3-7-15-14(11)17-13/h3-8,18H,1-2H3,(H,15,16,17). The Morgan fingerprint density at radius 2 is 2.09 bits per heavy atom. The molecule has 8 heteroatoms. The van der Waals surface area contributed by atoms with Gasteiger partial charge in [-0.1, -0.05) is 0 Å². The second-order valence-corrected chi connectivity index (χ2v) is 6.50. The highest BCUT2D eigenvalue weighted by atomic mass is 32.2. The first-order valence-electron chi connectivity index (χ1n) is 6.43. The van der Waals surface area contributed by atoms with Gasteiger partial charge in [-0.15, -0.1) is 0 Å². The van der Waals surface area contributed by atoms with E-state index in [1.165, 1.54) is 7.11 Å². The van der Waals surface area contributed by atoms with Gasteiger partial charge in [0.15, 0.2) is 5.65 Å². The zero-order valence-corrected chi connectivity index (χ0v) is 12.8. The Morgan fingerprint density at radius 1 is 1.27 bits per heavy atom. The zero-order chi connectivity index (χ0) is 15.7. The molecule has 0 bridgehead atoms. The number of aromatic nitrogens is 3. The Hall–Kier alpha value is -2.61. The molecule has 1 aromatic carbocycles. The molecule has 22 heavy (non-hydrogen) atoms. The van der Waals surface area contributed by atoms with Crippen LogP contribution in [0, 0.1) is 0 Å². The van der Waals surface area contributed by atoms with Gasteiger partial charge < -0.3 is 9.72 Å². The maximum absolute atomic E-state index is 11.3. The molecule has 0 aliphatic carbocycles. The molecule has 0 radical (unpaired) electrons. The van der Waals surface area contributed by atoms with Crippen LogP contribution in [-0.4, -0.2) is 36.7 Å². The van der Waals surface area contributed by atoms with Crippen LogP contribution in [0.1, 0.15) is 0 Å². The molecule has 0 saturated carbocycles. The Balaban J connectivity index is 2.04. The van der Waals surface area contributed by atoms with Gasteiger partial charge in [-0.2, -0.15) is 0 Å². The van der Waals surface area contributed by atoms with Gasteiger partial charge in [-0.05, 0) is 30.3 Å². The molecule has 114 valence electrons. The van der Waals surface area contributed by atoms with E-state index in [0.29, 0.717) is 22.9 Å². The fourth-order valence-electron chi connectivity index (χ4n) is 2.10. The van der Waals surface area contributed by atoms with E-state index in [1.807, 2.05) is 12.1 Å². The average Bonchev–Trinajstić information content (AvgIpc) is 2.90. The highest BCUT2D eigenvalue weighted by Gasteiger charge is 2.12. The van der Waals surface area contributed by atoms with Crippen molar-refractivity contribution < 1.29 is 13.2 Å². The number of pyridine rings is 1. The number of methoxy groups -OCH3 is 1. The summed E-state index contributed by atoms with van der Waals surface area (Å²) in [7, 11) is -1.89. The number of H-pyrrole nitrogens is 1. The normalized spacial score (nSPS) is 11.5. The lowest BCUT2D eigenvalue weighted by Crippen LogP contribution is -2.10. The lowest BCUT2D eigenvalue weighted by Gasteiger charge is -2.10. The maximum atomic E-state index is 11.3.